The molecule has 0 bridgehead atoms. The Morgan fingerprint density at radius 3 is 2.25 bits per heavy atom. The van der Waals surface area contributed by atoms with Crippen LogP contribution in [-0.2, 0) is 13.1 Å². The summed E-state index contributed by atoms with van der Waals surface area (Å²) in [5.74, 6) is 0. The third-order valence-corrected chi connectivity index (χ3v) is 1.90. The first kappa shape index (κ1) is 8.26. The molecule has 0 heterocycles. The monoisotopic (exact) mass is 156 g/mol. The summed E-state index contributed by atoms with van der Waals surface area (Å²) in [4.78, 5) is 0. The Morgan fingerprint density at radius 2 is 2.12 bits per heavy atom. The zero-order valence-corrected chi connectivity index (χ0v) is 6.38. The second-order valence-corrected chi connectivity index (χ2v) is 5.18. The molecule has 0 saturated carbocycles. The van der Waals surface area contributed by atoms with Crippen LogP contribution in [0.5, 0.6) is 0 Å². The second kappa shape index (κ2) is 3.32. The van der Waals surface area contributed by atoms with Gasteiger partial charge in [0, 0.05) is 0 Å². The van der Waals surface area contributed by atoms with Crippen LogP contribution in [-0.4, -0.2) is 21.3 Å². The minimum atomic E-state index is -2.99. The molecule has 3 nitrogen and oxygen atoms in total. The number of hydrogen-bond acceptors (Lipinski definition) is 4. The lowest BCUT2D eigenvalue weighted by Crippen LogP contribution is -1.89. The van der Waals surface area contributed by atoms with E-state index in [9.17, 15) is 8.42 Å². The van der Waals surface area contributed by atoms with Crippen molar-refractivity contribution < 1.29 is 12.6 Å². The molecule has 0 aliphatic rings. The summed E-state index contributed by atoms with van der Waals surface area (Å²) in [6.07, 6.45) is 1.10. The lowest BCUT2D eigenvalue weighted by Gasteiger charge is -1.92. The van der Waals surface area contributed by atoms with Crippen LogP contribution in [0.4, 0.5) is 0 Å². The smallest absolute Gasteiger partial charge is 0.224 e. The Morgan fingerprint density at radius 1 is 1.62 bits per heavy atom. The summed E-state index contributed by atoms with van der Waals surface area (Å²) in [5.41, 5.74) is 0. The predicted molar refractivity (Wildman–Crippen MR) is 34.1 cm³/mol. The number of hydrogen-bond donors (Lipinski definition) is 0. The van der Waals surface area contributed by atoms with Gasteiger partial charge < -0.3 is 4.18 Å². The largest absolute Gasteiger partial charge is 0.302 e. The molecule has 0 spiro atoms. The van der Waals surface area contributed by atoms with Gasteiger partial charge in [0.05, 0.1) is 12.9 Å². The molecule has 0 N–H and O–H groups in total. The van der Waals surface area contributed by atoms with Crippen molar-refractivity contribution in [3.63, 3.8) is 0 Å². The first-order valence-electron chi connectivity index (χ1n) is 2.07. The molecule has 0 saturated heterocycles. The van der Waals surface area contributed by atoms with Crippen molar-refractivity contribution in [3.8, 4) is 0 Å². The molecule has 0 atom stereocenters. The van der Waals surface area contributed by atoms with Gasteiger partial charge >= 0.3 is 0 Å². The normalized spacial score (nSPS) is 11.8. The van der Waals surface area contributed by atoms with E-state index in [4.69, 9.17) is 0 Å². The van der Waals surface area contributed by atoms with E-state index < -0.39 is 8.87 Å². The van der Waals surface area contributed by atoms with Crippen molar-refractivity contribution >= 4 is 19.9 Å². The Labute approximate surface area is 52.9 Å². The van der Waals surface area contributed by atoms with E-state index in [0.29, 0.717) is 17.7 Å². The van der Waals surface area contributed by atoms with Gasteiger partial charge in [-0.1, -0.05) is 0 Å². The average molecular weight is 156 g/mol. The van der Waals surface area contributed by atoms with Gasteiger partial charge in [0.15, 0.2) is 0 Å². The maximum absolute atomic E-state index is 10.2. The third kappa shape index (κ3) is 6.26. The maximum atomic E-state index is 10.2. The fourth-order valence-electron chi connectivity index (χ4n) is 0.136. The minimum absolute atomic E-state index is 0.414. The molecule has 0 aliphatic heterocycles. The summed E-state index contributed by atoms with van der Waals surface area (Å²) in [6.45, 7) is 2.15. The lowest BCUT2D eigenvalue weighted by molar-refractivity contribution is 0.406. The molecule has 0 aromatic rings. The van der Waals surface area contributed by atoms with Crippen LogP contribution in [0.2, 0.25) is 0 Å². The molecule has 0 aromatic heterocycles. The zero-order valence-electron chi connectivity index (χ0n) is 4.75. The van der Waals surface area contributed by atoms with E-state index in [1.54, 1.807) is 6.92 Å². The van der Waals surface area contributed by atoms with E-state index in [1.165, 1.54) is 0 Å². The third-order valence-electron chi connectivity index (χ3n) is 0.290. The summed E-state index contributed by atoms with van der Waals surface area (Å²) in [5, 5.41) is 0. The summed E-state index contributed by atoms with van der Waals surface area (Å²) in [6, 6.07) is 0. The Kier molecular flexibility index (Phi) is 3.43. The topological polar surface area (TPSA) is 43.4 Å². The summed E-state index contributed by atoms with van der Waals surface area (Å²) in [7, 11) is -2.99. The van der Waals surface area contributed by atoms with Gasteiger partial charge in [0.25, 0.3) is 0 Å². The van der Waals surface area contributed by atoms with Crippen LogP contribution < -0.4 is 0 Å². The SMILES string of the molecule is CCOSS(C)(=O)=O. The van der Waals surface area contributed by atoms with Crippen LogP contribution in [0.15, 0.2) is 0 Å². The van der Waals surface area contributed by atoms with E-state index in [1.807, 2.05) is 0 Å². The first-order valence-corrected chi connectivity index (χ1v) is 5.22. The van der Waals surface area contributed by atoms with Crippen LogP contribution in [0, 0.1) is 0 Å². The van der Waals surface area contributed by atoms with Crippen molar-refractivity contribution in [3.05, 3.63) is 0 Å². The van der Waals surface area contributed by atoms with Gasteiger partial charge in [0.2, 0.25) is 8.87 Å². The van der Waals surface area contributed by atoms with Crippen LogP contribution >= 0.6 is 11.1 Å². The highest BCUT2D eigenvalue weighted by atomic mass is 33.1. The molecular weight excluding hydrogens is 148 g/mol. The molecular formula is C3H8O3S2. The quantitative estimate of drug-likeness (QED) is 0.444. The van der Waals surface area contributed by atoms with Gasteiger partial charge in [-0.3, -0.25) is 0 Å². The fourth-order valence-corrected chi connectivity index (χ4v) is 1.22. The summed E-state index contributed by atoms with van der Waals surface area (Å²) >= 11 is 0.506. The molecule has 0 rings (SSSR count). The average Bonchev–Trinajstić information content (AvgIpc) is 1.59. The van der Waals surface area contributed by atoms with Crippen molar-refractivity contribution in [2.45, 2.75) is 6.92 Å². The van der Waals surface area contributed by atoms with Crippen molar-refractivity contribution in [1.82, 2.24) is 0 Å². The molecule has 0 fully saturated rings. The Hall–Kier alpha value is 0.260. The molecule has 0 aliphatic carbocycles. The molecule has 8 heavy (non-hydrogen) atoms. The predicted octanol–water partition coefficient (Wildman–Crippen LogP) is 0.631. The second-order valence-electron chi connectivity index (χ2n) is 1.18. The van der Waals surface area contributed by atoms with Crippen molar-refractivity contribution in [1.29, 1.82) is 0 Å². The van der Waals surface area contributed by atoms with Crippen LogP contribution in [0.3, 0.4) is 0 Å². The first-order chi connectivity index (χ1) is 3.56. The standard InChI is InChI=1S/C3H8O3S2/c1-3-6-7-8(2,4)5/h3H2,1-2H3. The molecule has 50 valence electrons. The van der Waals surface area contributed by atoms with Crippen LogP contribution in [0.25, 0.3) is 0 Å². The Bertz CT molecular complexity index is 137. The zero-order chi connectivity index (χ0) is 6.62. The highest BCUT2D eigenvalue weighted by Crippen LogP contribution is 2.09. The highest BCUT2D eigenvalue weighted by molar-refractivity contribution is 8.69. The fraction of sp³-hybridized carbons (Fsp3) is 1.00. The highest BCUT2D eigenvalue weighted by Gasteiger charge is 2.00. The number of rotatable bonds is 3. The van der Waals surface area contributed by atoms with E-state index in [2.05, 4.69) is 4.18 Å². The van der Waals surface area contributed by atoms with Crippen LogP contribution in [0.1, 0.15) is 6.92 Å². The van der Waals surface area contributed by atoms with Gasteiger partial charge in [-0.05, 0) is 6.92 Å². The van der Waals surface area contributed by atoms with Crippen molar-refractivity contribution in [2.75, 3.05) is 12.9 Å². The molecule has 0 amide bonds. The summed E-state index contributed by atoms with van der Waals surface area (Å²) < 4.78 is 25.0. The minimum Gasteiger partial charge on any atom is -0.302 e. The molecule has 0 unspecified atom stereocenters. The Balaban J connectivity index is 3.42. The molecule has 5 heteroatoms. The lowest BCUT2D eigenvalue weighted by atomic mass is 10.9. The van der Waals surface area contributed by atoms with E-state index >= 15 is 0 Å². The van der Waals surface area contributed by atoms with Crippen molar-refractivity contribution in [2.24, 2.45) is 0 Å². The van der Waals surface area contributed by atoms with Gasteiger partial charge in [0.1, 0.15) is 11.1 Å². The van der Waals surface area contributed by atoms with Gasteiger partial charge in [-0.15, -0.1) is 0 Å². The van der Waals surface area contributed by atoms with E-state index in [-0.39, 0.29) is 0 Å². The molecule has 0 radical (unpaired) electrons. The van der Waals surface area contributed by atoms with E-state index in [0.717, 1.165) is 6.26 Å². The van der Waals surface area contributed by atoms with Gasteiger partial charge in [-0.25, -0.2) is 8.42 Å². The molecule has 0 aromatic carbocycles. The van der Waals surface area contributed by atoms with Gasteiger partial charge in [-0.2, -0.15) is 0 Å². The maximum Gasteiger partial charge on any atom is 0.224 e.